The van der Waals surface area contributed by atoms with Crippen molar-refractivity contribution in [3.8, 4) is 0 Å². The first-order valence-corrected chi connectivity index (χ1v) is 10.3. The number of rotatable bonds is 6. The van der Waals surface area contributed by atoms with Crippen LogP contribution in [0.15, 0.2) is 46.9 Å². The lowest BCUT2D eigenvalue weighted by atomic mass is 10.1. The maximum absolute atomic E-state index is 12.4. The zero-order chi connectivity index (χ0) is 21.0. The number of aryl methyl sites for hydroxylation is 2. The molecule has 1 saturated heterocycles. The summed E-state index contributed by atoms with van der Waals surface area (Å²) < 4.78 is 6.10. The number of carbonyl (C=O) groups is 3. The maximum atomic E-state index is 12.4. The molecule has 6 nitrogen and oxygen atoms in total. The molecule has 3 rings (SSSR count). The van der Waals surface area contributed by atoms with Crippen molar-refractivity contribution in [2.45, 2.75) is 26.7 Å². The summed E-state index contributed by atoms with van der Waals surface area (Å²) >= 11 is 3.36. The molecular weight excluding hydrogens is 436 g/mol. The summed E-state index contributed by atoms with van der Waals surface area (Å²) in [7, 11) is 0. The van der Waals surface area contributed by atoms with Gasteiger partial charge in [0.25, 0.3) is 5.91 Å². The molecule has 1 fully saturated rings. The lowest BCUT2D eigenvalue weighted by Gasteiger charge is -2.16. The predicted octanol–water partition coefficient (Wildman–Crippen LogP) is 3.85. The normalized spacial score (nSPS) is 16.0. The molecule has 2 amide bonds. The van der Waals surface area contributed by atoms with Crippen molar-refractivity contribution in [2.75, 3.05) is 23.4 Å². The highest BCUT2D eigenvalue weighted by molar-refractivity contribution is 9.10. The van der Waals surface area contributed by atoms with Crippen LogP contribution >= 0.6 is 15.9 Å². The molecule has 0 radical (unpaired) electrons. The van der Waals surface area contributed by atoms with Crippen molar-refractivity contribution in [3.63, 3.8) is 0 Å². The van der Waals surface area contributed by atoms with Gasteiger partial charge in [0.2, 0.25) is 5.91 Å². The molecule has 0 saturated carbocycles. The second kappa shape index (κ2) is 9.22. The van der Waals surface area contributed by atoms with Crippen molar-refractivity contribution in [3.05, 3.63) is 58.1 Å². The molecule has 0 bridgehead atoms. The molecule has 2 aromatic carbocycles. The van der Waals surface area contributed by atoms with Gasteiger partial charge >= 0.3 is 5.97 Å². The Labute approximate surface area is 178 Å². The molecule has 1 heterocycles. The van der Waals surface area contributed by atoms with E-state index < -0.39 is 17.8 Å². The Morgan fingerprint density at radius 2 is 1.93 bits per heavy atom. The molecule has 1 unspecified atom stereocenters. The molecule has 0 spiro atoms. The Balaban J connectivity index is 1.55. The summed E-state index contributed by atoms with van der Waals surface area (Å²) in [4.78, 5) is 38.5. The summed E-state index contributed by atoms with van der Waals surface area (Å²) in [5.41, 5.74) is 3.47. The van der Waals surface area contributed by atoms with Crippen molar-refractivity contribution in [1.82, 2.24) is 0 Å². The lowest BCUT2D eigenvalue weighted by molar-refractivity contribution is -0.151. The molecule has 2 aromatic rings. The molecule has 152 valence electrons. The van der Waals surface area contributed by atoms with Crippen molar-refractivity contribution < 1.29 is 19.1 Å². The largest absolute Gasteiger partial charge is 0.455 e. The van der Waals surface area contributed by atoms with E-state index in [-0.39, 0.29) is 25.5 Å². The topological polar surface area (TPSA) is 75.7 Å². The van der Waals surface area contributed by atoms with Gasteiger partial charge in [-0.3, -0.25) is 14.4 Å². The zero-order valence-electron chi connectivity index (χ0n) is 16.4. The number of nitrogens with one attached hydrogen (secondary N) is 1. The van der Waals surface area contributed by atoms with Gasteiger partial charge in [-0.05, 0) is 48.7 Å². The van der Waals surface area contributed by atoms with Crippen LogP contribution in [0, 0.1) is 12.8 Å². The minimum absolute atomic E-state index is 0.0777. The Kier molecular flexibility index (Phi) is 6.69. The van der Waals surface area contributed by atoms with Gasteiger partial charge < -0.3 is 15.0 Å². The van der Waals surface area contributed by atoms with Crippen LogP contribution in [0.4, 0.5) is 11.4 Å². The van der Waals surface area contributed by atoms with E-state index in [0.29, 0.717) is 0 Å². The Morgan fingerprint density at radius 1 is 1.21 bits per heavy atom. The van der Waals surface area contributed by atoms with Gasteiger partial charge in [-0.2, -0.15) is 0 Å². The van der Waals surface area contributed by atoms with Gasteiger partial charge in [0.1, 0.15) is 0 Å². The van der Waals surface area contributed by atoms with Crippen molar-refractivity contribution >= 4 is 45.1 Å². The van der Waals surface area contributed by atoms with E-state index >= 15 is 0 Å². The third kappa shape index (κ3) is 5.03. The smallest absolute Gasteiger partial charge is 0.311 e. The standard InChI is InChI=1S/C22H23BrN2O4/c1-3-15-6-4-5-14(2)21(15)24-19(26)13-29-22(28)16-11-20(27)25(12-16)18-9-7-17(23)8-10-18/h4-10,16H,3,11-13H2,1-2H3,(H,24,26). The minimum Gasteiger partial charge on any atom is -0.455 e. The number of hydrogen-bond donors (Lipinski definition) is 1. The molecular formula is C22H23BrN2O4. The minimum atomic E-state index is -0.580. The summed E-state index contributed by atoms with van der Waals surface area (Å²) in [5, 5.41) is 2.83. The monoisotopic (exact) mass is 458 g/mol. The zero-order valence-corrected chi connectivity index (χ0v) is 18.0. The fraction of sp³-hybridized carbons (Fsp3) is 0.318. The number of amides is 2. The fourth-order valence-corrected chi connectivity index (χ4v) is 3.63. The highest BCUT2D eigenvalue weighted by Crippen LogP contribution is 2.27. The Bertz CT molecular complexity index is 927. The molecule has 1 atom stereocenters. The fourth-order valence-electron chi connectivity index (χ4n) is 3.37. The molecule has 0 aliphatic carbocycles. The molecule has 0 aromatic heterocycles. The number of ether oxygens (including phenoxy) is 1. The second-order valence-electron chi connectivity index (χ2n) is 7.00. The van der Waals surface area contributed by atoms with Gasteiger partial charge in [0.15, 0.2) is 6.61 Å². The molecule has 1 aliphatic heterocycles. The van der Waals surface area contributed by atoms with Crippen molar-refractivity contribution in [1.29, 1.82) is 0 Å². The van der Waals surface area contributed by atoms with E-state index in [1.165, 1.54) is 0 Å². The third-order valence-electron chi connectivity index (χ3n) is 4.95. The van der Waals surface area contributed by atoms with Gasteiger partial charge in [-0.25, -0.2) is 0 Å². The average Bonchev–Trinajstić information content (AvgIpc) is 3.10. The van der Waals surface area contributed by atoms with Crippen LogP contribution in [-0.2, 0) is 25.5 Å². The van der Waals surface area contributed by atoms with E-state index in [4.69, 9.17) is 4.74 Å². The van der Waals surface area contributed by atoms with Crippen LogP contribution in [0.5, 0.6) is 0 Å². The van der Waals surface area contributed by atoms with E-state index in [1.807, 2.05) is 56.3 Å². The van der Waals surface area contributed by atoms with Crippen LogP contribution < -0.4 is 10.2 Å². The van der Waals surface area contributed by atoms with Crippen LogP contribution in [0.25, 0.3) is 0 Å². The third-order valence-corrected chi connectivity index (χ3v) is 5.48. The quantitative estimate of drug-likeness (QED) is 0.666. The molecule has 1 N–H and O–H groups in total. The van der Waals surface area contributed by atoms with Crippen LogP contribution in [0.1, 0.15) is 24.5 Å². The van der Waals surface area contributed by atoms with Gasteiger partial charge in [-0.15, -0.1) is 0 Å². The summed E-state index contributed by atoms with van der Waals surface area (Å²) in [5.74, 6) is -1.64. The molecule has 1 aliphatic rings. The number of nitrogens with zero attached hydrogens (tertiary/aromatic N) is 1. The average molecular weight is 459 g/mol. The van der Waals surface area contributed by atoms with Gasteiger partial charge in [0, 0.05) is 28.8 Å². The van der Waals surface area contributed by atoms with Gasteiger partial charge in [-0.1, -0.05) is 41.1 Å². The van der Waals surface area contributed by atoms with E-state index in [1.54, 1.807) is 4.90 Å². The van der Waals surface area contributed by atoms with E-state index in [9.17, 15) is 14.4 Å². The number of anilines is 2. The maximum Gasteiger partial charge on any atom is 0.311 e. The lowest BCUT2D eigenvalue weighted by Crippen LogP contribution is -2.28. The number of hydrogen-bond acceptors (Lipinski definition) is 4. The van der Waals surface area contributed by atoms with Crippen LogP contribution in [-0.4, -0.2) is 30.9 Å². The number of carbonyl (C=O) groups excluding carboxylic acids is 3. The first-order valence-electron chi connectivity index (χ1n) is 9.50. The highest BCUT2D eigenvalue weighted by Gasteiger charge is 2.36. The van der Waals surface area contributed by atoms with Gasteiger partial charge in [0.05, 0.1) is 5.92 Å². The summed E-state index contributed by atoms with van der Waals surface area (Å²) in [6, 6.07) is 13.1. The molecule has 7 heteroatoms. The molecule has 29 heavy (non-hydrogen) atoms. The van der Waals surface area contributed by atoms with E-state index in [0.717, 1.165) is 33.4 Å². The summed E-state index contributed by atoms with van der Waals surface area (Å²) in [6.45, 7) is 3.80. The number of halogens is 1. The highest BCUT2D eigenvalue weighted by atomic mass is 79.9. The summed E-state index contributed by atoms with van der Waals surface area (Å²) in [6.07, 6.45) is 0.863. The first kappa shape index (κ1) is 21.0. The Morgan fingerprint density at radius 3 is 2.62 bits per heavy atom. The van der Waals surface area contributed by atoms with Crippen molar-refractivity contribution in [2.24, 2.45) is 5.92 Å². The Hall–Kier alpha value is -2.67. The first-order chi connectivity index (χ1) is 13.9. The second-order valence-corrected chi connectivity index (χ2v) is 7.92. The number of para-hydroxylation sites is 1. The van der Waals surface area contributed by atoms with Crippen LogP contribution in [0.2, 0.25) is 0 Å². The van der Waals surface area contributed by atoms with Crippen LogP contribution in [0.3, 0.4) is 0 Å². The predicted molar refractivity (Wildman–Crippen MR) is 115 cm³/mol. The number of benzene rings is 2. The number of esters is 1. The van der Waals surface area contributed by atoms with E-state index in [2.05, 4.69) is 21.2 Å². The SMILES string of the molecule is CCc1cccc(C)c1NC(=O)COC(=O)C1CC(=O)N(c2ccc(Br)cc2)C1.